The molecule has 0 bridgehead atoms. The van der Waals surface area contributed by atoms with E-state index in [4.69, 9.17) is 4.74 Å². The van der Waals surface area contributed by atoms with Gasteiger partial charge in [0.25, 0.3) is 5.69 Å². The van der Waals surface area contributed by atoms with Crippen LogP contribution < -0.4 is 0 Å². The van der Waals surface area contributed by atoms with Gasteiger partial charge in [0.1, 0.15) is 6.61 Å². The lowest BCUT2D eigenvalue weighted by Gasteiger charge is -2.06. The van der Waals surface area contributed by atoms with Gasteiger partial charge in [0.2, 0.25) is 0 Å². The predicted molar refractivity (Wildman–Crippen MR) is 150 cm³/mol. The summed E-state index contributed by atoms with van der Waals surface area (Å²) in [6, 6.07) is 6.39. The van der Waals surface area contributed by atoms with Crippen LogP contribution in [0.4, 0.5) is 5.69 Å². The van der Waals surface area contributed by atoms with E-state index in [1.54, 1.807) is 18.2 Å². The normalized spacial score (nSPS) is 11.0. The molecular formula is C31H53NO4. The molecule has 0 radical (unpaired) electrons. The maximum Gasteiger partial charge on any atom is 0.306 e. The smallest absolute Gasteiger partial charge is 0.306 e. The summed E-state index contributed by atoms with van der Waals surface area (Å²) in [5.41, 5.74) is 0.439. The highest BCUT2D eigenvalue weighted by molar-refractivity contribution is 5.69. The van der Waals surface area contributed by atoms with Crippen LogP contribution in [-0.2, 0) is 16.1 Å². The summed E-state index contributed by atoms with van der Waals surface area (Å²) in [6.07, 6.45) is 28.5. The Kier molecular flexibility index (Phi) is 21.0. The van der Waals surface area contributed by atoms with E-state index in [0.717, 1.165) is 19.3 Å². The highest BCUT2D eigenvalue weighted by atomic mass is 16.6. The Morgan fingerprint density at radius 3 is 1.47 bits per heavy atom. The lowest BCUT2D eigenvalue weighted by molar-refractivity contribution is -0.385. The van der Waals surface area contributed by atoms with Gasteiger partial charge in [-0.3, -0.25) is 14.9 Å². The summed E-state index contributed by atoms with van der Waals surface area (Å²) in [7, 11) is 0. The average molecular weight is 504 g/mol. The summed E-state index contributed by atoms with van der Waals surface area (Å²) < 4.78 is 5.22. The molecule has 0 N–H and O–H groups in total. The van der Waals surface area contributed by atoms with E-state index in [9.17, 15) is 14.9 Å². The van der Waals surface area contributed by atoms with E-state index in [2.05, 4.69) is 6.92 Å². The molecule has 0 saturated carbocycles. The number of carbonyl (C=O) groups is 1. The second kappa shape index (κ2) is 23.5. The molecule has 0 heterocycles. The van der Waals surface area contributed by atoms with Crippen LogP contribution in [0.3, 0.4) is 0 Å². The van der Waals surface area contributed by atoms with Crippen LogP contribution in [-0.4, -0.2) is 10.9 Å². The first-order valence-corrected chi connectivity index (χ1v) is 15.0. The summed E-state index contributed by atoms with van der Waals surface area (Å²) in [6.45, 7) is 2.25. The number of nitro groups is 1. The van der Waals surface area contributed by atoms with Crippen LogP contribution in [0.1, 0.15) is 154 Å². The molecule has 1 aromatic rings. The predicted octanol–water partition coefficient (Wildman–Crippen LogP) is 10.2. The number of unbranched alkanes of at least 4 members (excludes halogenated alkanes) is 20. The molecule has 5 heteroatoms. The fraction of sp³-hybridized carbons (Fsp3) is 0.774. The van der Waals surface area contributed by atoms with E-state index in [1.807, 2.05) is 0 Å². The molecule has 0 unspecified atom stereocenters. The highest BCUT2D eigenvalue weighted by Crippen LogP contribution is 2.19. The molecule has 206 valence electrons. The molecule has 0 spiro atoms. The number of rotatable bonds is 25. The van der Waals surface area contributed by atoms with Crippen molar-refractivity contribution in [3.05, 3.63) is 39.9 Å². The Bertz CT molecular complexity index is 676. The van der Waals surface area contributed by atoms with Gasteiger partial charge in [0.05, 0.1) is 10.5 Å². The van der Waals surface area contributed by atoms with Gasteiger partial charge in [0.15, 0.2) is 0 Å². The van der Waals surface area contributed by atoms with E-state index >= 15 is 0 Å². The fourth-order valence-electron chi connectivity index (χ4n) is 4.74. The summed E-state index contributed by atoms with van der Waals surface area (Å²) in [4.78, 5) is 22.5. The van der Waals surface area contributed by atoms with Crippen molar-refractivity contribution in [3.8, 4) is 0 Å². The molecule has 36 heavy (non-hydrogen) atoms. The zero-order valence-corrected chi connectivity index (χ0v) is 23.2. The monoisotopic (exact) mass is 503 g/mol. The van der Waals surface area contributed by atoms with Crippen molar-refractivity contribution in [2.75, 3.05) is 0 Å². The topological polar surface area (TPSA) is 69.4 Å². The van der Waals surface area contributed by atoms with Gasteiger partial charge in [-0.1, -0.05) is 147 Å². The van der Waals surface area contributed by atoms with E-state index in [-0.39, 0.29) is 18.3 Å². The zero-order valence-electron chi connectivity index (χ0n) is 23.2. The summed E-state index contributed by atoms with van der Waals surface area (Å²) >= 11 is 0. The number of esters is 1. The number of ether oxygens (including phenoxy) is 1. The Morgan fingerprint density at radius 2 is 1.06 bits per heavy atom. The molecule has 0 aliphatic carbocycles. The maximum atomic E-state index is 11.9. The van der Waals surface area contributed by atoms with Gasteiger partial charge in [-0.05, 0) is 12.5 Å². The first-order valence-electron chi connectivity index (χ1n) is 15.0. The van der Waals surface area contributed by atoms with Gasteiger partial charge in [-0.2, -0.15) is 0 Å². The molecule has 0 fully saturated rings. The third-order valence-corrected chi connectivity index (χ3v) is 7.06. The van der Waals surface area contributed by atoms with Crippen molar-refractivity contribution >= 4 is 11.7 Å². The SMILES string of the molecule is CCCCCCCCCCCCCCCCCCCCCCCC(=O)OCc1ccccc1[N+](=O)[O-]. The van der Waals surface area contributed by atoms with Crippen LogP contribution in [0, 0.1) is 10.1 Å². The Balaban J connectivity index is 1.80. The second-order valence-electron chi connectivity index (χ2n) is 10.4. The molecule has 1 aromatic carbocycles. The van der Waals surface area contributed by atoms with Gasteiger partial charge in [-0.15, -0.1) is 0 Å². The van der Waals surface area contributed by atoms with Crippen molar-refractivity contribution in [1.82, 2.24) is 0 Å². The summed E-state index contributed by atoms with van der Waals surface area (Å²) in [5, 5.41) is 11.0. The Hall–Kier alpha value is -1.91. The molecule has 5 nitrogen and oxygen atoms in total. The Morgan fingerprint density at radius 1 is 0.667 bits per heavy atom. The minimum absolute atomic E-state index is 0.000570. The van der Waals surface area contributed by atoms with E-state index in [1.165, 1.54) is 122 Å². The quantitative estimate of drug-likeness (QED) is 0.0576. The van der Waals surface area contributed by atoms with Crippen LogP contribution in [0.25, 0.3) is 0 Å². The van der Waals surface area contributed by atoms with Crippen molar-refractivity contribution in [3.63, 3.8) is 0 Å². The van der Waals surface area contributed by atoms with Crippen LogP contribution in [0.5, 0.6) is 0 Å². The molecule has 0 aromatic heterocycles. The van der Waals surface area contributed by atoms with Gasteiger partial charge in [-0.25, -0.2) is 0 Å². The number of nitrogens with zero attached hydrogens (tertiary/aromatic N) is 1. The minimum atomic E-state index is -0.442. The number of nitro benzene ring substituents is 1. The van der Waals surface area contributed by atoms with E-state index in [0.29, 0.717) is 12.0 Å². The fourth-order valence-corrected chi connectivity index (χ4v) is 4.74. The number of carbonyl (C=O) groups excluding carboxylic acids is 1. The third-order valence-electron chi connectivity index (χ3n) is 7.06. The van der Waals surface area contributed by atoms with Gasteiger partial charge < -0.3 is 4.74 Å². The molecule has 0 aliphatic rings. The molecule has 0 aliphatic heterocycles. The van der Waals surface area contributed by atoms with E-state index < -0.39 is 4.92 Å². The van der Waals surface area contributed by atoms with Crippen LogP contribution in [0.15, 0.2) is 24.3 Å². The van der Waals surface area contributed by atoms with Crippen molar-refractivity contribution < 1.29 is 14.5 Å². The number of para-hydroxylation sites is 1. The van der Waals surface area contributed by atoms with Gasteiger partial charge in [0, 0.05) is 12.5 Å². The lowest BCUT2D eigenvalue weighted by atomic mass is 10.0. The van der Waals surface area contributed by atoms with Crippen molar-refractivity contribution in [2.45, 2.75) is 155 Å². The van der Waals surface area contributed by atoms with Crippen molar-refractivity contribution in [2.24, 2.45) is 0 Å². The molecule has 0 saturated heterocycles. The number of hydrogen-bond acceptors (Lipinski definition) is 4. The molecule has 1 rings (SSSR count). The minimum Gasteiger partial charge on any atom is -0.461 e. The van der Waals surface area contributed by atoms with Crippen LogP contribution >= 0.6 is 0 Å². The average Bonchev–Trinajstić information content (AvgIpc) is 2.88. The number of benzene rings is 1. The molecule has 0 amide bonds. The zero-order chi connectivity index (χ0) is 26.1. The summed E-state index contributed by atoms with van der Waals surface area (Å²) in [5.74, 6) is -0.272. The third kappa shape index (κ3) is 18.4. The lowest BCUT2D eigenvalue weighted by Crippen LogP contribution is -2.06. The first-order chi connectivity index (χ1) is 17.6. The Labute approximate surface area is 220 Å². The van der Waals surface area contributed by atoms with Gasteiger partial charge >= 0.3 is 5.97 Å². The standard InChI is InChI=1S/C31H53NO4/c1-2-3-4-5-6-7-8-9-10-11-12-13-14-15-16-17-18-19-20-21-22-27-31(33)36-28-29-25-23-24-26-30(29)32(34)35/h23-26H,2-22,27-28H2,1H3. The first kappa shape index (κ1) is 32.1. The van der Waals surface area contributed by atoms with Crippen LogP contribution in [0.2, 0.25) is 0 Å². The largest absolute Gasteiger partial charge is 0.461 e. The highest BCUT2D eigenvalue weighted by Gasteiger charge is 2.13. The van der Waals surface area contributed by atoms with Crippen molar-refractivity contribution in [1.29, 1.82) is 0 Å². The molecular weight excluding hydrogens is 450 g/mol. The second-order valence-corrected chi connectivity index (χ2v) is 10.4. The maximum absolute atomic E-state index is 11.9. The molecule has 0 atom stereocenters. The number of hydrogen-bond donors (Lipinski definition) is 0.